The lowest BCUT2D eigenvalue weighted by atomic mass is 10.1. The maximum Gasteiger partial charge on any atom is 0.326 e. The standard InChI is InChI=1S/C17H16N2O4S3/c1-18-10-6-4-3-5-9(10)12(14(18)20)13-15(21)19(17(24)26-13)11(16(22)23)7-8-25-2/h3-6,11H,7-8H2,1-2H3,(H,22,23). The summed E-state index contributed by atoms with van der Waals surface area (Å²) in [5.41, 5.74) is 1.67. The number of anilines is 1. The molecular weight excluding hydrogens is 392 g/mol. The van der Waals surface area contributed by atoms with Crippen LogP contribution < -0.4 is 4.90 Å². The van der Waals surface area contributed by atoms with Crippen molar-refractivity contribution < 1.29 is 19.5 Å². The molecule has 2 aliphatic heterocycles. The topological polar surface area (TPSA) is 77.9 Å². The third-order valence-electron chi connectivity index (χ3n) is 4.27. The van der Waals surface area contributed by atoms with Gasteiger partial charge in [-0.25, -0.2) is 4.79 Å². The summed E-state index contributed by atoms with van der Waals surface area (Å²) < 4.78 is 0.172. The number of benzene rings is 1. The van der Waals surface area contributed by atoms with Crippen LogP contribution in [0.25, 0.3) is 5.57 Å². The summed E-state index contributed by atoms with van der Waals surface area (Å²) in [6, 6.07) is 6.17. The summed E-state index contributed by atoms with van der Waals surface area (Å²) in [6.07, 6.45) is 2.16. The molecule has 1 saturated heterocycles. The van der Waals surface area contributed by atoms with E-state index in [0.717, 1.165) is 22.3 Å². The molecule has 2 amide bonds. The Bertz CT molecular complexity index is 852. The summed E-state index contributed by atoms with van der Waals surface area (Å²) in [5, 5.41) is 9.54. The van der Waals surface area contributed by atoms with Crippen molar-refractivity contribution in [2.75, 3.05) is 24.0 Å². The molecule has 0 radical (unpaired) electrons. The molecule has 1 atom stereocenters. The van der Waals surface area contributed by atoms with Gasteiger partial charge >= 0.3 is 5.97 Å². The van der Waals surface area contributed by atoms with E-state index in [0.29, 0.717) is 11.3 Å². The highest BCUT2D eigenvalue weighted by atomic mass is 32.2. The van der Waals surface area contributed by atoms with Crippen LogP contribution in [0, 0.1) is 0 Å². The number of aliphatic carboxylic acids is 1. The van der Waals surface area contributed by atoms with E-state index in [9.17, 15) is 19.5 Å². The van der Waals surface area contributed by atoms with Crippen LogP contribution in [0.1, 0.15) is 12.0 Å². The molecule has 0 bridgehead atoms. The number of para-hydroxylation sites is 1. The van der Waals surface area contributed by atoms with Crippen molar-refractivity contribution >= 4 is 69.1 Å². The molecule has 1 aromatic rings. The van der Waals surface area contributed by atoms with Gasteiger partial charge in [0.15, 0.2) is 0 Å². The average molecular weight is 409 g/mol. The molecule has 1 fully saturated rings. The number of carbonyl (C=O) groups is 3. The molecule has 0 aliphatic carbocycles. The van der Waals surface area contributed by atoms with Crippen LogP contribution in [-0.4, -0.2) is 57.2 Å². The smallest absolute Gasteiger partial charge is 0.326 e. The fourth-order valence-electron chi connectivity index (χ4n) is 2.98. The molecule has 26 heavy (non-hydrogen) atoms. The number of carboxylic acids is 1. The van der Waals surface area contributed by atoms with Gasteiger partial charge in [0.2, 0.25) is 0 Å². The summed E-state index contributed by atoms with van der Waals surface area (Å²) in [6.45, 7) is 0. The van der Waals surface area contributed by atoms with Crippen LogP contribution in [-0.2, 0) is 14.4 Å². The van der Waals surface area contributed by atoms with E-state index < -0.39 is 17.9 Å². The molecule has 0 spiro atoms. The second-order valence-corrected chi connectivity index (χ2v) is 8.39. The number of carbonyl (C=O) groups excluding carboxylic acids is 2. The van der Waals surface area contributed by atoms with Gasteiger partial charge in [0.1, 0.15) is 10.4 Å². The van der Waals surface area contributed by atoms with Crippen molar-refractivity contribution in [2.45, 2.75) is 12.5 Å². The Balaban J connectivity index is 2.05. The van der Waals surface area contributed by atoms with Gasteiger partial charge in [0.25, 0.3) is 11.8 Å². The van der Waals surface area contributed by atoms with Crippen molar-refractivity contribution in [1.82, 2.24) is 4.90 Å². The highest BCUT2D eigenvalue weighted by Crippen LogP contribution is 2.44. The Kier molecular flexibility index (Phi) is 5.40. The molecule has 0 aromatic heterocycles. The second kappa shape index (κ2) is 7.42. The summed E-state index contributed by atoms with van der Waals surface area (Å²) in [7, 11) is 1.65. The monoisotopic (exact) mass is 408 g/mol. The summed E-state index contributed by atoms with van der Waals surface area (Å²) in [4.78, 5) is 40.2. The highest BCUT2D eigenvalue weighted by molar-refractivity contribution is 8.26. The van der Waals surface area contributed by atoms with Crippen LogP contribution >= 0.6 is 35.7 Å². The van der Waals surface area contributed by atoms with Gasteiger partial charge in [-0.2, -0.15) is 11.8 Å². The molecule has 0 saturated carbocycles. The first-order valence-electron chi connectivity index (χ1n) is 7.77. The first-order valence-corrected chi connectivity index (χ1v) is 10.4. The van der Waals surface area contributed by atoms with E-state index >= 15 is 0 Å². The highest BCUT2D eigenvalue weighted by Gasteiger charge is 2.44. The van der Waals surface area contributed by atoms with Crippen LogP contribution in [0.3, 0.4) is 0 Å². The van der Waals surface area contributed by atoms with E-state index in [1.807, 2.05) is 12.3 Å². The number of thiocarbonyl (C=S) groups is 1. The average Bonchev–Trinajstić information content (AvgIpc) is 3.03. The van der Waals surface area contributed by atoms with Crippen LogP contribution in [0.2, 0.25) is 0 Å². The molecule has 2 heterocycles. The minimum Gasteiger partial charge on any atom is -0.480 e. The molecule has 1 aromatic carbocycles. The number of carboxylic acid groups (broad SMARTS) is 1. The van der Waals surface area contributed by atoms with Gasteiger partial charge in [0, 0.05) is 12.6 Å². The normalized spacial score (nSPS) is 20.8. The lowest BCUT2D eigenvalue weighted by Gasteiger charge is -2.22. The minimum absolute atomic E-state index is 0.172. The zero-order valence-electron chi connectivity index (χ0n) is 14.1. The Labute approximate surface area is 164 Å². The first-order chi connectivity index (χ1) is 12.4. The maximum absolute atomic E-state index is 13.0. The SMILES string of the molecule is CSCCC(C(=O)O)N1C(=O)C(=C2C(=O)N(C)c3ccccc32)SC1=S. The largest absolute Gasteiger partial charge is 0.480 e. The predicted molar refractivity (Wildman–Crippen MR) is 108 cm³/mol. The van der Waals surface area contributed by atoms with Crippen LogP contribution in [0.4, 0.5) is 5.69 Å². The molecule has 9 heteroatoms. The third-order valence-corrected chi connectivity index (χ3v) is 6.32. The van der Waals surface area contributed by atoms with E-state index in [1.165, 1.54) is 16.7 Å². The first kappa shape index (κ1) is 18.9. The van der Waals surface area contributed by atoms with Gasteiger partial charge in [-0.1, -0.05) is 42.2 Å². The van der Waals surface area contributed by atoms with Gasteiger partial charge in [-0.3, -0.25) is 14.5 Å². The van der Waals surface area contributed by atoms with Crippen LogP contribution in [0.15, 0.2) is 29.2 Å². The molecule has 6 nitrogen and oxygen atoms in total. The fourth-order valence-corrected chi connectivity index (χ4v) is 4.87. The quantitative estimate of drug-likeness (QED) is 0.592. The van der Waals surface area contributed by atoms with Crippen molar-refractivity contribution in [3.8, 4) is 0 Å². The Morgan fingerprint density at radius 1 is 1.31 bits per heavy atom. The van der Waals surface area contributed by atoms with E-state index in [-0.39, 0.29) is 27.1 Å². The van der Waals surface area contributed by atoms with Gasteiger partial charge in [-0.15, -0.1) is 0 Å². The van der Waals surface area contributed by atoms with Crippen LogP contribution in [0.5, 0.6) is 0 Å². The van der Waals surface area contributed by atoms with Crippen molar-refractivity contribution in [3.05, 3.63) is 34.7 Å². The Morgan fingerprint density at radius 2 is 2.00 bits per heavy atom. The lowest BCUT2D eigenvalue weighted by molar-refractivity contribution is -0.145. The summed E-state index contributed by atoms with van der Waals surface area (Å²) >= 11 is 7.78. The van der Waals surface area contributed by atoms with Gasteiger partial charge < -0.3 is 10.0 Å². The number of thioether (sulfide) groups is 2. The van der Waals surface area contributed by atoms with E-state index in [2.05, 4.69) is 0 Å². The Hall–Kier alpha value is -1.84. The number of rotatable bonds is 5. The zero-order valence-corrected chi connectivity index (χ0v) is 16.5. The van der Waals surface area contributed by atoms with Crippen molar-refractivity contribution in [1.29, 1.82) is 0 Å². The third kappa shape index (κ3) is 3.04. The van der Waals surface area contributed by atoms with Crippen molar-refractivity contribution in [3.63, 3.8) is 0 Å². The number of amides is 2. The number of likely N-dealkylation sites (N-methyl/N-ethyl adjacent to an activating group) is 1. The number of nitrogens with zero attached hydrogens (tertiary/aromatic N) is 2. The molecule has 3 rings (SSSR count). The number of hydrogen-bond acceptors (Lipinski definition) is 6. The van der Waals surface area contributed by atoms with Crippen molar-refractivity contribution in [2.24, 2.45) is 0 Å². The second-order valence-electron chi connectivity index (χ2n) is 5.76. The molecule has 2 aliphatic rings. The zero-order chi connectivity index (χ0) is 19.0. The van der Waals surface area contributed by atoms with Gasteiger partial charge in [0.05, 0.1) is 16.2 Å². The van der Waals surface area contributed by atoms with E-state index in [1.54, 1.807) is 25.2 Å². The van der Waals surface area contributed by atoms with Gasteiger partial charge in [-0.05, 0) is 24.5 Å². The minimum atomic E-state index is -1.10. The Morgan fingerprint density at radius 3 is 2.65 bits per heavy atom. The maximum atomic E-state index is 13.0. The summed E-state index contributed by atoms with van der Waals surface area (Å²) in [5.74, 6) is -1.31. The number of fused-ring (bicyclic) bond motifs is 1. The predicted octanol–water partition coefficient (Wildman–Crippen LogP) is 2.44. The van der Waals surface area contributed by atoms with E-state index in [4.69, 9.17) is 12.2 Å². The molecule has 1 unspecified atom stereocenters. The number of hydrogen-bond donors (Lipinski definition) is 1. The molecule has 1 N–H and O–H groups in total. The lowest BCUT2D eigenvalue weighted by Crippen LogP contribution is -2.44. The molecular formula is C17H16N2O4S3. The molecule has 136 valence electrons. The fraction of sp³-hybridized carbons (Fsp3) is 0.294.